The first kappa shape index (κ1) is 23.3. The predicted octanol–water partition coefficient (Wildman–Crippen LogP) is 3.25. The quantitative estimate of drug-likeness (QED) is 0.588. The topological polar surface area (TPSA) is 91.6 Å². The summed E-state index contributed by atoms with van der Waals surface area (Å²) < 4.78 is 42.9. The highest BCUT2D eigenvalue weighted by atomic mass is 32.1. The number of hydrogen-bond acceptors (Lipinski definition) is 7. The van der Waals surface area contributed by atoms with Gasteiger partial charge in [0.15, 0.2) is 16.5 Å². The molecular weight excluding hydrogens is 483 g/mol. The van der Waals surface area contributed by atoms with Crippen LogP contribution >= 0.6 is 11.3 Å². The molecule has 1 saturated heterocycles. The van der Waals surface area contributed by atoms with Gasteiger partial charge in [-0.05, 0) is 25.2 Å². The van der Waals surface area contributed by atoms with Crippen LogP contribution in [-0.2, 0) is 6.42 Å². The van der Waals surface area contributed by atoms with Gasteiger partial charge in [-0.25, -0.2) is 13.2 Å². The van der Waals surface area contributed by atoms with Crippen molar-refractivity contribution in [1.29, 1.82) is 0 Å². The number of carbonyl (C=O) groups excluding carboxylic acids is 1. The van der Waals surface area contributed by atoms with E-state index in [9.17, 15) is 27.9 Å². The summed E-state index contributed by atoms with van der Waals surface area (Å²) in [5.74, 6) is -3.94. The Morgan fingerprint density at radius 1 is 1.14 bits per heavy atom. The van der Waals surface area contributed by atoms with Crippen LogP contribution in [0.5, 0.6) is 5.75 Å². The fourth-order valence-corrected chi connectivity index (χ4v) is 5.59. The average Bonchev–Trinajstić information content (AvgIpc) is 3.17. The van der Waals surface area contributed by atoms with Gasteiger partial charge in [-0.3, -0.25) is 19.3 Å². The Bertz CT molecular complexity index is 1370. The summed E-state index contributed by atoms with van der Waals surface area (Å²) in [5.41, 5.74) is -1.26. The molecule has 5 rings (SSSR count). The van der Waals surface area contributed by atoms with Crippen LogP contribution < -0.4 is 10.4 Å². The molecule has 184 valence electrons. The lowest BCUT2D eigenvalue weighted by Crippen LogP contribution is -2.60. The number of fused-ring (bicyclic) bond motifs is 3. The van der Waals surface area contributed by atoms with Crippen LogP contribution in [0, 0.1) is 23.4 Å². The molecule has 2 aliphatic rings. The maximum atomic E-state index is 14.1. The van der Waals surface area contributed by atoms with E-state index < -0.39 is 34.5 Å². The van der Waals surface area contributed by atoms with Crippen molar-refractivity contribution < 1.29 is 23.1 Å². The van der Waals surface area contributed by atoms with Crippen LogP contribution in [0.1, 0.15) is 47.2 Å². The summed E-state index contributed by atoms with van der Waals surface area (Å²) in [6, 6.07) is 1.17. The molecule has 0 unspecified atom stereocenters. The third kappa shape index (κ3) is 3.95. The van der Waals surface area contributed by atoms with Crippen molar-refractivity contribution in [2.24, 2.45) is 5.92 Å². The summed E-state index contributed by atoms with van der Waals surface area (Å²) in [6.45, 7) is 2.72. The molecule has 0 radical (unpaired) electrons. The molecule has 2 aliphatic heterocycles. The normalized spacial score (nSPS) is 20.0. The van der Waals surface area contributed by atoms with E-state index in [1.807, 2.05) is 5.01 Å². The summed E-state index contributed by atoms with van der Waals surface area (Å²) in [7, 11) is 1.65. The first-order valence-corrected chi connectivity index (χ1v) is 12.0. The summed E-state index contributed by atoms with van der Waals surface area (Å²) in [5, 5.41) is 21.0. The largest absolute Gasteiger partial charge is 0.502 e. The highest BCUT2D eigenvalue weighted by molar-refractivity contribution is 7.14. The SMILES string of the molecule is C[C@H]1CCC[C@H]2N(C)C(=O)c3c(O)c(=O)c(-c4nnc(Cc5c(F)cc(F)cc5F)s4)cn3N2C1. The first-order chi connectivity index (χ1) is 16.7. The van der Waals surface area contributed by atoms with Gasteiger partial charge in [-0.15, -0.1) is 10.2 Å². The van der Waals surface area contributed by atoms with Crippen molar-refractivity contribution in [2.75, 3.05) is 18.6 Å². The molecule has 1 fully saturated rings. The monoisotopic (exact) mass is 505 g/mol. The van der Waals surface area contributed by atoms with Crippen LogP contribution in [0.3, 0.4) is 0 Å². The molecule has 0 saturated carbocycles. The molecule has 1 N–H and O–H groups in total. The van der Waals surface area contributed by atoms with Crippen molar-refractivity contribution in [3.05, 3.63) is 62.3 Å². The third-order valence-corrected chi connectivity index (χ3v) is 7.50. The van der Waals surface area contributed by atoms with E-state index in [4.69, 9.17) is 0 Å². The van der Waals surface area contributed by atoms with Crippen molar-refractivity contribution in [3.8, 4) is 16.3 Å². The van der Waals surface area contributed by atoms with Crippen molar-refractivity contribution in [2.45, 2.75) is 38.8 Å². The second-order valence-electron chi connectivity index (χ2n) is 8.99. The molecule has 4 heterocycles. The Kier molecular flexibility index (Phi) is 5.78. The van der Waals surface area contributed by atoms with Crippen molar-refractivity contribution >= 4 is 17.2 Å². The Hall–Kier alpha value is -3.41. The maximum Gasteiger partial charge on any atom is 0.277 e. The van der Waals surface area contributed by atoms with E-state index in [2.05, 4.69) is 17.1 Å². The van der Waals surface area contributed by atoms with Gasteiger partial charge in [0.1, 0.15) is 28.6 Å². The van der Waals surface area contributed by atoms with E-state index in [0.29, 0.717) is 24.6 Å². The van der Waals surface area contributed by atoms with Crippen LogP contribution in [0.15, 0.2) is 23.1 Å². The Labute approximate surface area is 202 Å². The minimum Gasteiger partial charge on any atom is -0.502 e. The smallest absolute Gasteiger partial charge is 0.277 e. The minimum atomic E-state index is -1.05. The molecule has 35 heavy (non-hydrogen) atoms. The van der Waals surface area contributed by atoms with Gasteiger partial charge >= 0.3 is 0 Å². The number of nitrogens with zero attached hydrogens (tertiary/aromatic N) is 5. The van der Waals surface area contributed by atoms with Gasteiger partial charge in [0, 0.05) is 43.9 Å². The number of aromatic nitrogens is 3. The molecular formula is C23H22F3N5O3S. The second kappa shape index (κ2) is 8.67. The average molecular weight is 506 g/mol. The molecule has 0 spiro atoms. The van der Waals surface area contributed by atoms with Gasteiger partial charge < -0.3 is 10.0 Å². The minimum absolute atomic E-state index is 0.0167. The zero-order valence-electron chi connectivity index (χ0n) is 19.0. The first-order valence-electron chi connectivity index (χ1n) is 11.1. The van der Waals surface area contributed by atoms with E-state index in [0.717, 1.165) is 30.6 Å². The molecule has 12 heteroatoms. The molecule has 0 aliphatic carbocycles. The van der Waals surface area contributed by atoms with Gasteiger partial charge in [-0.2, -0.15) is 0 Å². The highest BCUT2D eigenvalue weighted by Crippen LogP contribution is 2.32. The lowest BCUT2D eigenvalue weighted by molar-refractivity contribution is 0.0625. The lowest BCUT2D eigenvalue weighted by Gasteiger charge is -2.45. The van der Waals surface area contributed by atoms with Crippen LogP contribution in [0.2, 0.25) is 0 Å². The number of amides is 1. The molecule has 2 atom stereocenters. The van der Waals surface area contributed by atoms with E-state index in [-0.39, 0.29) is 39.4 Å². The van der Waals surface area contributed by atoms with E-state index >= 15 is 0 Å². The van der Waals surface area contributed by atoms with Crippen molar-refractivity contribution in [3.63, 3.8) is 0 Å². The molecule has 1 amide bonds. The molecule has 3 aromatic rings. The van der Waals surface area contributed by atoms with Gasteiger partial charge in [0.2, 0.25) is 5.43 Å². The second-order valence-corrected chi connectivity index (χ2v) is 10.1. The number of rotatable bonds is 3. The van der Waals surface area contributed by atoms with E-state index in [1.165, 1.54) is 10.9 Å². The Balaban J connectivity index is 1.57. The molecule has 8 nitrogen and oxygen atoms in total. The lowest BCUT2D eigenvalue weighted by atomic mass is 10.1. The van der Waals surface area contributed by atoms with E-state index in [1.54, 1.807) is 11.9 Å². The van der Waals surface area contributed by atoms with Crippen LogP contribution in [-0.4, -0.2) is 50.5 Å². The zero-order valence-corrected chi connectivity index (χ0v) is 19.8. The maximum absolute atomic E-state index is 14.1. The van der Waals surface area contributed by atoms with Gasteiger partial charge in [0.05, 0.1) is 5.56 Å². The van der Waals surface area contributed by atoms with Crippen LogP contribution in [0.4, 0.5) is 13.2 Å². The molecule has 1 aromatic carbocycles. The number of carbonyl (C=O) groups is 1. The number of benzene rings is 1. The number of aromatic hydroxyl groups is 1. The highest BCUT2D eigenvalue weighted by Gasteiger charge is 2.40. The summed E-state index contributed by atoms with van der Waals surface area (Å²) in [4.78, 5) is 27.6. The number of hydrogen-bond donors (Lipinski definition) is 1. The zero-order chi connectivity index (χ0) is 25.0. The van der Waals surface area contributed by atoms with Crippen LogP contribution in [0.25, 0.3) is 10.6 Å². The van der Waals surface area contributed by atoms with Gasteiger partial charge in [-0.1, -0.05) is 18.3 Å². The predicted molar refractivity (Wildman–Crippen MR) is 122 cm³/mol. The van der Waals surface area contributed by atoms with Crippen molar-refractivity contribution in [1.82, 2.24) is 19.8 Å². The van der Waals surface area contributed by atoms with Gasteiger partial charge in [0.25, 0.3) is 5.91 Å². The third-order valence-electron chi connectivity index (χ3n) is 6.54. The Morgan fingerprint density at radius 2 is 1.86 bits per heavy atom. The number of pyridine rings is 1. The summed E-state index contributed by atoms with van der Waals surface area (Å²) >= 11 is 0.924. The molecule has 2 aromatic heterocycles. The fraction of sp³-hybridized carbons (Fsp3) is 0.391. The standard InChI is InChI=1S/C23H22F3N5O3S/c1-11-4-3-5-18-29(2)23(34)19-21(33)20(32)14(10-31(19)30(18)9-11)22-28-27-17(35-22)8-13-15(25)6-12(24)7-16(13)26/h6-7,10-11,18,33H,3-5,8-9H2,1-2H3/t11-,18-/m0/s1. The molecule has 0 bridgehead atoms. The Morgan fingerprint density at radius 3 is 2.57 bits per heavy atom. The fourth-order valence-electron chi connectivity index (χ4n) is 4.73. The summed E-state index contributed by atoms with van der Waals surface area (Å²) in [6.07, 6.45) is 3.61. The number of halogens is 3.